The molecule has 1 aliphatic carbocycles. The molecule has 1 saturated heterocycles. The average Bonchev–Trinajstić information content (AvgIpc) is 2.95. The Morgan fingerprint density at radius 3 is 2.53 bits per heavy atom. The van der Waals surface area contributed by atoms with Crippen molar-refractivity contribution in [3.05, 3.63) is 42.0 Å². The molecule has 1 saturated carbocycles. The van der Waals surface area contributed by atoms with Crippen LogP contribution in [-0.2, 0) is 14.8 Å². The second kappa shape index (κ2) is 8.73. The second-order valence-electron chi connectivity index (χ2n) is 8.39. The Bertz CT molecular complexity index is 1120. The van der Waals surface area contributed by atoms with E-state index in [0.29, 0.717) is 36.1 Å². The number of morpholine rings is 1. The number of hydrogen-bond donors (Lipinski definition) is 2. The van der Waals surface area contributed by atoms with Crippen molar-refractivity contribution in [1.82, 2.24) is 4.31 Å². The Morgan fingerprint density at radius 1 is 1.00 bits per heavy atom. The van der Waals surface area contributed by atoms with Crippen LogP contribution in [-0.4, -0.2) is 51.0 Å². The molecule has 170 valence electrons. The van der Waals surface area contributed by atoms with Crippen molar-refractivity contribution in [2.24, 2.45) is 0 Å². The number of nitrogens with zero attached hydrogens (tertiary/aromatic N) is 1. The number of carbonyl (C=O) groups excluding carboxylic acids is 1. The van der Waals surface area contributed by atoms with Crippen LogP contribution in [0.5, 0.6) is 11.5 Å². The number of fused-ring (bicyclic) bond motifs is 2. The third kappa shape index (κ3) is 4.07. The van der Waals surface area contributed by atoms with Crippen molar-refractivity contribution >= 4 is 27.3 Å². The highest BCUT2D eigenvalue weighted by molar-refractivity contribution is 7.89. The van der Waals surface area contributed by atoms with Crippen LogP contribution in [0.15, 0.2) is 41.3 Å². The van der Waals surface area contributed by atoms with Gasteiger partial charge in [-0.05, 0) is 31.0 Å². The fraction of sp³-hybridized carbons (Fsp3) is 0.435. The summed E-state index contributed by atoms with van der Waals surface area (Å²) >= 11 is 0. The molecule has 0 bridgehead atoms. The first-order valence-electron chi connectivity index (χ1n) is 11.1. The van der Waals surface area contributed by atoms with Gasteiger partial charge in [-0.1, -0.05) is 31.4 Å². The molecule has 3 aliphatic rings. The van der Waals surface area contributed by atoms with E-state index in [0.717, 1.165) is 25.7 Å². The van der Waals surface area contributed by atoms with E-state index in [-0.39, 0.29) is 29.6 Å². The molecule has 0 unspecified atom stereocenters. The molecule has 2 aromatic rings. The second-order valence-corrected chi connectivity index (χ2v) is 10.3. The van der Waals surface area contributed by atoms with Gasteiger partial charge in [-0.2, -0.15) is 4.31 Å². The number of para-hydroxylation sites is 2. The Morgan fingerprint density at radius 2 is 1.75 bits per heavy atom. The highest BCUT2D eigenvalue weighted by Gasteiger charge is 2.33. The molecule has 0 radical (unpaired) electrons. The van der Waals surface area contributed by atoms with Crippen molar-refractivity contribution in [3.8, 4) is 11.5 Å². The van der Waals surface area contributed by atoms with Crippen molar-refractivity contribution in [1.29, 1.82) is 0 Å². The zero-order chi connectivity index (χ0) is 22.1. The van der Waals surface area contributed by atoms with E-state index in [1.54, 1.807) is 18.2 Å². The van der Waals surface area contributed by atoms with Gasteiger partial charge < -0.3 is 20.1 Å². The summed E-state index contributed by atoms with van der Waals surface area (Å²) in [5, 5.41) is 6.28. The molecule has 0 aromatic heterocycles. The first-order chi connectivity index (χ1) is 15.5. The monoisotopic (exact) mass is 457 g/mol. The molecular weight excluding hydrogens is 430 g/mol. The quantitative estimate of drug-likeness (QED) is 0.725. The Kier molecular flexibility index (Phi) is 5.79. The summed E-state index contributed by atoms with van der Waals surface area (Å²) in [4.78, 5) is 13.1. The van der Waals surface area contributed by atoms with E-state index in [2.05, 4.69) is 10.6 Å². The minimum absolute atomic E-state index is 0.105. The largest absolute Gasteiger partial charge is 0.454 e. The Hall–Kier alpha value is -2.62. The lowest BCUT2D eigenvalue weighted by Crippen LogP contribution is -2.41. The van der Waals surface area contributed by atoms with Crippen molar-refractivity contribution < 1.29 is 22.7 Å². The number of hydrogen-bond acceptors (Lipinski definition) is 6. The van der Waals surface area contributed by atoms with E-state index in [1.807, 2.05) is 12.1 Å². The van der Waals surface area contributed by atoms with Crippen LogP contribution in [0.25, 0.3) is 0 Å². The smallest absolute Gasteiger partial charge is 0.259 e. The third-order valence-corrected chi connectivity index (χ3v) is 8.17. The molecule has 2 aliphatic heterocycles. The molecule has 8 nitrogen and oxygen atoms in total. The van der Waals surface area contributed by atoms with Crippen LogP contribution in [0.1, 0.15) is 42.5 Å². The van der Waals surface area contributed by atoms with Gasteiger partial charge in [0, 0.05) is 25.2 Å². The highest BCUT2D eigenvalue weighted by Crippen LogP contribution is 2.40. The summed E-state index contributed by atoms with van der Waals surface area (Å²) in [6.45, 7) is 1.29. The molecule has 2 N–H and O–H groups in total. The molecule has 2 fully saturated rings. The first kappa shape index (κ1) is 21.2. The predicted molar refractivity (Wildman–Crippen MR) is 121 cm³/mol. The van der Waals surface area contributed by atoms with E-state index in [1.165, 1.54) is 16.8 Å². The zero-order valence-electron chi connectivity index (χ0n) is 17.8. The van der Waals surface area contributed by atoms with E-state index < -0.39 is 15.9 Å². The van der Waals surface area contributed by atoms with Gasteiger partial charge >= 0.3 is 0 Å². The van der Waals surface area contributed by atoms with Crippen LogP contribution in [0.2, 0.25) is 0 Å². The van der Waals surface area contributed by atoms with Gasteiger partial charge in [-0.3, -0.25) is 4.79 Å². The summed E-state index contributed by atoms with van der Waals surface area (Å²) in [6, 6.07) is 10.5. The van der Waals surface area contributed by atoms with Crippen molar-refractivity contribution in [2.75, 3.05) is 36.9 Å². The normalized spacial score (nSPS) is 19.8. The fourth-order valence-electron chi connectivity index (χ4n) is 4.51. The van der Waals surface area contributed by atoms with Crippen molar-refractivity contribution in [2.45, 2.75) is 43.0 Å². The lowest BCUT2D eigenvalue weighted by molar-refractivity contribution is 0.0730. The molecular formula is C23H27N3O5S. The molecule has 2 aromatic carbocycles. The van der Waals surface area contributed by atoms with Gasteiger partial charge in [0.1, 0.15) is 10.6 Å². The van der Waals surface area contributed by atoms with Gasteiger partial charge in [0.25, 0.3) is 5.91 Å². The Balaban J connectivity index is 1.60. The first-order valence-corrected chi connectivity index (χ1v) is 12.6. The minimum Gasteiger partial charge on any atom is -0.454 e. The summed E-state index contributed by atoms with van der Waals surface area (Å²) in [7, 11) is -3.82. The van der Waals surface area contributed by atoms with Crippen LogP contribution >= 0.6 is 0 Å². The zero-order valence-corrected chi connectivity index (χ0v) is 18.6. The van der Waals surface area contributed by atoms with Crippen LogP contribution < -0.4 is 15.4 Å². The Labute approximate surface area is 187 Å². The standard InChI is InChI=1S/C23H27N3O5S/c27-23-17-14-22(32(28,29)26-10-12-30-13-11-26)19(24-16-6-2-1-3-7-16)15-21(17)31-20-9-5-4-8-18(20)25-23/h4-5,8-9,14-16,24H,1-3,6-7,10-13H2,(H,25,27). The van der Waals surface area contributed by atoms with Crippen LogP contribution in [0, 0.1) is 0 Å². The number of carbonyl (C=O) groups is 1. The maximum Gasteiger partial charge on any atom is 0.259 e. The van der Waals surface area contributed by atoms with Crippen molar-refractivity contribution in [3.63, 3.8) is 0 Å². The number of rotatable bonds is 4. The van der Waals surface area contributed by atoms with Crippen LogP contribution in [0.3, 0.4) is 0 Å². The maximum absolute atomic E-state index is 13.6. The molecule has 0 spiro atoms. The minimum atomic E-state index is -3.82. The van der Waals surface area contributed by atoms with Gasteiger partial charge in [-0.25, -0.2) is 8.42 Å². The lowest BCUT2D eigenvalue weighted by atomic mass is 9.95. The molecule has 32 heavy (non-hydrogen) atoms. The molecule has 2 heterocycles. The highest BCUT2D eigenvalue weighted by atomic mass is 32.2. The third-order valence-electron chi connectivity index (χ3n) is 6.23. The number of ether oxygens (including phenoxy) is 2. The summed E-state index contributed by atoms with van der Waals surface area (Å²) in [5.74, 6) is 0.464. The van der Waals surface area contributed by atoms with E-state index in [4.69, 9.17) is 9.47 Å². The summed E-state index contributed by atoms with van der Waals surface area (Å²) < 4.78 is 40.0. The van der Waals surface area contributed by atoms with Crippen LogP contribution in [0.4, 0.5) is 11.4 Å². The van der Waals surface area contributed by atoms with Gasteiger partial charge in [-0.15, -0.1) is 0 Å². The SMILES string of the molecule is O=C1Nc2ccccc2Oc2cc(NC3CCCCC3)c(S(=O)(=O)N3CCOCC3)cc21. The number of benzene rings is 2. The number of amides is 1. The average molecular weight is 458 g/mol. The molecule has 0 atom stereocenters. The summed E-state index contributed by atoms with van der Waals surface area (Å²) in [6.07, 6.45) is 5.39. The topological polar surface area (TPSA) is 97.0 Å². The van der Waals surface area contributed by atoms with Gasteiger partial charge in [0.05, 0.1) is 30.2 Å². The number of nitrogens with one attached hydrogen (secondary N) is 2. The molecule has 1 amide bonds. The number of sulfonamides is 1. The van der Waals surface area contributed by atoms with E-state index >= 15 is 0 Å². The fourth-order valence-corrected chi connectivity index (χ4v) is 6.08. The summed E-state index contributed by atoms with van der Waals surface area (Å²) in [5.41, 5.74) is 1.23. The van der Waals surface area contributed by atoms with E-state index in [9.17, 15) is 13.2 Å². The number of anilines is 2. The van der Waals surface area contributed by atoms with Gasteiger partial charge in [0.2, 0.25) is 10.0 Å². The lowest BCUT2D eigenvalue weighted by Gasteiger charge is -2.29. The molecule has 5 rings (SSSR count). The maximum atomic E-state index is 13.6. The molecule has 9 heteroatoms. The predicted octanol–water partition coefficient (Wildman–Crippen LogP) is 3.81. The van der Waals surface area contributed by atoms with Gasteiger partial charge in [0.15, 0.2) is 5.75 Å².